The van der Waals surface area contributed by atoms with Crippen molar-refractivity contribution in [2.75, 3.05) is 23.8 Å². The normalized spacial score (nSPS) is 11.7. The van der Waals surface area contributed by atoms with Gasteiger partial charge in [-0.05, 0) is 85.6 Å². The van der Waals surface area contributed by atoms with Crippen molar-refractivity contribution in [3.8, 4) is 5.75 Å². The fourth-order valence-electron chi connectivity index (χ4n) is 4.12. The molecule has 9 nitrogen and oxygen atoms in total. The van der Waals surface area contributed by atoms with E-state index in [9.17, 15) is 14.4 Å². The molecule has 1 heterocycles. The van der Waals surface area contributed by atoms with Crippen LogP contribution in [0.25, 0.3) is 0 Å². The Morgan fingerprint density at radius 1 is 1.08 bits per heavy atom. The molecule has 1 aromatic heterocycles. The molecule has 202 valence electrons. The number of primary amides is 1. The van der Waals surface area contributed by atoms with Crippen LogP contribution in [0.1, 0.15) is 70.1 Å². The first-order chi connectivity index (χ1) is 18.0. The Bertz CT molecular complexity index is 1280. The minimum atomic E-state index is -1.04. The van der Waals surface area contributed by atoms with Crippen LogP contribution in [0.5, 0.6) is 5.75 Å². The van der Waals surface area contributed by atoms with Gasteiger partial charge in [-0.2, -0.15) is 4.37 Å². The van der Waals surface area contributed by atoms with E-state index in [0.29, 0.717) is 36.1 Å². The fraction of sp³-hybridized carbons (Fsp3) is 0.357. The van der Waals surface area contributed by atoms with Crippen LogP contribution in [-0.4, -0.2) is 35.2 Å². The summed E-state index contributed by atoms with van der Waals surface area (Å²) in [5, 5.41) is 2.99. The van der Waals surface area contributed by atoms with Crippen LogP contribution in [0.4, 0.5) is 11.4 Å². The highest BCUT2D eigenvalue weighted by Gasteiger charge is 2.36. The standard InChI is InChI=1S/C28H35N5O4S/c1-6-37-21-9-7-19(8-10-21)24(27(35)31-12-11-16(2)3)33(20-14-17(4)13-18(5)15-20)28(36)25-22(29)23(26(30)34)32-38-25/h7-10,13-16,24H,6,11-12,29H2,1-5H3,(H2,30,34)(H,31,35)/t24-/m0/s1. The van der Waals surface area contributed by atoms with Crippen LogP contribution in [-0.2, 0) is 4.79 Å². The second-order valence-electron chi connectivity index (χ2n) is 9.54. The zero-order valence-corrected chi connectivity index (χ0v) is 23.2. The molecule has 0 aliphatic rings. The fourth-order valence-corrected chi connectivity index (χ4v) is 4.87. The second-order valence-corrected chi connectivity index (χ2v) is 10.3. The van der Waals surface area contributed by atoms with Gasteiger partial charge in [-0.15, -0.1) is 0 Å². The highest BCUT2D eigenvalue weighted by atomic mass is 32.1. The first-order valence-electron chi connectivity index (χ1n) is 12.5. The Hall–Kier alpha value is -3.92. The Labute approximate surface area is 227 Å². The zero-order valence-electron chi connectivity index (χ0n) is 22.4. The Kier molecular flexibility index (Phi) is 9.46. The molecule has 10 heteroatoms. The third-order valence-corrected chi connectivity index (χ3v) is 6.74. The van der Waals surface area contributed by atoms with Crippen molar-refractivity contribution >= 4 is 40.6 Å². The van der Waals surface area contributed by atoms with E-state index < -0.39 is 17.9 Å². The summed E-state index contributed by atoms with van der Waals surface area (Å²) in [7, 11) is 0. The van der Waals surface area contributed by atoms with Gasteiger partial charge in [-0.3, -0.25) is 19.3 Å². The average molecular weight is 538 g/mol. The van der Waals surface area contributed by atoms with Crippen LogP contribution in [0.2, 0.25) is 0 Å². The predicted molar refractivity (Wildman–Crippen MR) is 151 cm³/mol. The number of anilines is 2. The van der Waals surface area contributed by atoms with E-state index in [-0.39, 0.29) is 22.2 Å². The van der Waals surface area contributed by atoms with Gasteiger partial charge >= 0.3 is 0 Å². The van der Waals surface area contributed by atoms with Gasteiger partial charge in [-0.25, -0.2) is 0 Å². The van der Waals surface area contributed by atoms with Crippen molar-refractivity contribution in [2.45, 2.75) is 47.1 Å². The summed E-state index contributed by atoms with van der Waals surface area (Å²) in [4.78, 5) is 41.2. The highest BCUT2D eigenvalue weighted by Crippen LogP contribution is 2.34. The number of carbonyl (C=O) groups is 3. The topological polar surface area (TPSA) is 141 Å². The summed E-state index contributed by atoms with van der Waals surface area (Å²) in [6.07, 6.45) is 0.781. The van der Waals surface area contributed by atoms with Crippen molar-refractivity contribution < 1.29 is 19.1 Å². The summed E-state index contributed by atoms with van der Waals surface area (Å²) >= 11 is 0.780. The van der Waals surface area contributed by atoms with Gasteiger partial charge in [0, 0.05) is 12.2 Å². The quantitative estimate of drug-likeness (QED) is 0.331. The summed E-state index contributed by atoms with van der Waals surface area (Å²) in [5.74, 6) is -0.695. The van der Waals surface area contributed by atoms with Crippen molar-refractivity contribution in [1.29, 1.82) is 0 Å². The number of hydrogen-bond donors (Lipinski definition) is 3. The SMILES string of the molecule is CCOc1ccc([C@@H](C(=O)NCCC(C)C)N(C(=O)c2snc(C(N)=O)c2N)c2cc(C)cc(C)c2)cc1. The third kappa shape index (κ3) is 6.69. The highest BCUT2D eigenvalue weighted by molar-refractivity contribution is 7.09. The molecule has 3 aromatic rings. The predicted octanol–water partition coefficient (Wildman–Crippen LogP) is 4.39. The van der Waals surface area contributed by atoms with Gasteiger partial charge in [0.15, 0.2) is 5.69 Å². The van der Waals surface area contributed by atoms with Gasteiger partial charge < -0.3 is 21.5 Å². The van der Waals surface area contributed by atoms with E-state index >= 15 is 0 Å². The lowest BCUT2D eigenvalue weighted by molar-refractivity contribution is -0.122. The van der Waals surface area contributed by atoms with Crippen LogP contribution >= 0.6 is 11.5 Å². The van der Waals surface area contributed by atoms with Gasteiger partial charge in [-0.1, -0.05) is 32.0 Å². The summed E-state index contributed by atoms with van der Waals surface area (Å²) in [6, 6.07) is 11.7. The molecule has 0 saturated carbocycles. The largest absolute Gasteiger partial charge is 0.494 e. The van der Waals surface area contributed by atoms with E-state index in [2.05, 4.69) is 23.5 Å². The average Bonchev–Trinajstić information content (AvgIpc) is 3.23. The Morgan fingerprint density at radius 3 is 2.24 bits per heavy atom. The van der Waals surface area contributed by atoms with E-state index in [0.717, 1.165) is 29.1 Å². The first kappa shape index (κ1) is 28.6. The lowest BCUT2D eigenvalue weighted by Gasteiger charge is -2.32. The second kappa shape index (κ2) is 12.6. The maximum atomic E-state index is 14.2. The van der Waals surface area contributed by atoms with Gasteiger partial charge in [0.2, 0.25) is 5.91 Å². The number of carbonyl (C=O) groups excluding carboxylic acids is 3. The molecule has 3 amide bonds. The number of amides is 3. The van der Waals surface area contributed by atoms with Crippen LogP contribution < -0.4 is 26.4 Å². The number of nitrogens with one attached hydrogen (secondary N) is 1. The van der Waals surface area contributed by atoms with Gasteiger partial charge in [0.1, 0.15) is 16.7 Å². The number of nitrogens with two attached hydrogens (primary N) is 2. The summed E-state index contributed by atoms with van der Waals surface area (Å²) < 4.78 is 9.58. The number of nitrogen functional groups attached to an aromatic ring is 1. The van der Waals surface area contributed by atoms with Crippen LogP contribution in [0, 0.1) is 19.8 Å². The van der Waals surface area contributed by atoms with Crippen molar-refractivity contribution in [3.63, 3.8) is 0 Å². The number of rotatable bonds is 11. The minimum Gasteiger partial charge on any atom is -0.494 e. The molecule has 0 aliphatic heterocycles. The molecule has 0 spiro atoms. The number of benzene rings is 2. The first-order valence-corrected chi connectivity index (χ1v) is 13.3. The van der Waals surface area contributed by atoms with E-state index in [1.165, 1.54) is 4.90 Å². The molecule has 0 aliphatic carbocycles. The van der Waals surface area contributed by atoms with Crippen molar-refractivity contribution in [2.24, 2.45) is 11.7 Å². The Morgan fingerprint density at radius 2 is 1.71 bits per heavy atom. The van der Waals surface area contributed by atoms with Crippen molar-refractivity contribution in [1.82, 2.24) is 9.69 Å². The molecular formula is C28H35N5O4S. The van der Waals surface area contributed by atoms with Crippen LogP contribution in [0.15, 0.2) is 42.5 Å². The number of ether oxygens (including phenoxy) is 1. The maximum Gasteiger partial charge on any atom is 0.273 e. The summed E-state index contributed by atoms with van der Waals surface area (Å²) in [5.41, 5.74) is 14.2. The number of aromatic nitrogens is 1. The molecule has 5 N–H and O–H groups in total. The van der Waals surface area contributed by atoms with Gasteiger partial charge in [0.25, 0.3) is 11.8 Å². The van der Waals surface area contributed by atoms with E-state index in [4.69, 9.17) is 16.2 Å². The van der Waals surface area contributed by atoms with Crippen molar-refractivity contribution in [3.05, 3.63) is 69.7 Å². The van der Waals surface area contributed by atoms with E-state index in [1.54, 1.807) is 24.3 Å². The third-order valence-electron chi connectivity index (χ3n) is 5.89. The molecule has 1 atom stereocenters. The zero-order chi connectivity index (χ0) is 28.0. The molecule has 0 fully saturated rings. The maximum absolute atomic E-state index is 14.2. The number of aryl methyl sites for hydroxylation is 2. The molecular weight excluding hydrogens is 502 g/mol. The smallest absolute Gasteiger partial charge is 0.273 e. The molecule has 2 aromatic carbocycles. The minimum absolute atomic E-state index is 0.0314. The molecule has 38 heavy (non-hydrogen) atoms. The number of nitrogens with zero attached hydrogens (tertiary/aromatic N) is 2. The van der Waals surface area contributed by atoms with E-state index in [1.807, 2.05) is 39.0 Å². The molecule has 3 rings (SSSR count). The lowest BCUT2D eigenvalue weighted by atomic mass is 10.0. The lowest BCUT2D eigenvalue weighted by Crippen LogP contribution is -2.44. The number of hydrogen-bond acceptors (Lipinski definition) is 7. The Balaban J connectivity index is 2.19. The molecule has 0 bridgehead atoms. The van der Waals surface area contributed by atoms with Gasteiger partial charge in [0.05, 0.1) is 12.3 Å². The molecule has 0 unspecified atom stereocenters. The monoisotopic (exact) mass is 537 g/mol. The van der Waals surface area contributed by atoms with Crippen LogP contribution in [0.3, 0.4) is 0 Å². The molecule has 0 saturated heterocycles. The molecule has 0 radical (unpaired) electrons. The summed E-state index contributed by atoms with van der Waals surface area (Å²) in [6.45, 7) is 10.8.